The molecule has 0 aromatic rings. The molecule has 0 bridgehead atoms. The average Bonchev–Trinajstić information content (AvgIpc) is 2.26. The van der Waals surface area contributed by atoms with E-state index in [1.165, 1.54) is 5.57 Å². The number of thiocarbonyl (C=S) groups is 1. The number of hydrogen-bond acceptors (Lipinski definition) is 2. The molecule has 0 fully saturated rings. The largest absolute Gasteiger partial charge is 0.375 e. The predicted molar refractivity (Wildman–Crippen MR) is 54.9 cm³/mol. The quantitative estimate of drug-likeness (QED) is 0.474. The number of nitrogens with zero attached hydrogens (tertiary/aromatic N) is 1. The molecule has 0 spiro atoms. The first-order valence-electron chi connectivity index (χ1n) is 3.90. The summed E-state index contributed by atoms with van der Waals surface area (Å²) in [6.45, 7) is 4.23. The van der Waals surface area contributed by atoms with E-state index in [1.54, 1.807) is 0 Å². The van der Waals surface area contributed by atoms with Gasteiger partial charge in [0.2, 0.25) is 0 Å². The minimum atomic E-state index is 0.215. The number of rotatable bonds is 1. The summed E-state index contributed by atoms with van der Waals surface area (Å²) in [5.41, 5.74) is 10.2. The summed E-state index contributed by atoms with van der Waals surface area (Å²) in [5.74, 6) is 0.479. The summed E-state index contributed by atoms with van der Waals surface area (Å²) < 4.78 is 0. The fourth-order valence-corrected chi connectivity index (χ4v) is 1.35. The highest BCUT2D eigenvalue weighted by Gasteiger charge is 2.16. The van der Waals surface area contributed by atoms with Gasteiger partial charge in [-0.2, -0.15) is 5.10 Å². The van der Waals surface area contributed by atoms with E-state index in [1.807, 2.05) is 0 Å². The van der Waals surface area contributed by atoms with Crippen LogP contribution in [0.15, 0.2) is 16.8 Å². The van der Waals surface area contributed by atoms with Crippen LogP contribution in [0.2, 0.25) is 0 Å². The van der Waals surface area contributed by atoms with Crippen LogP contribution < -0.4 is 11.2 Å². The zero-order valence-electron chi connectivity index (χ0n) is 7.29. The van der Waals surface area contributed by atoms with Crippen molar-refractivity contribution in [3.63, 3.8) is 0 Å². The van der Waals surface area contributed by atoms with Crippen LogP contribution in [-0.4, -0.2) is 10.8 Å². The fourth-order valence-electron chi connectivity index (χ4n) is 1.30. The third kappa shape index (κ3) is 2.30. The van der Waals surface area contributed by atoms with Gasteiger partial charge in [0.15, 0.2) is 5.11 Å². The fraction of sp³-hybridized carbons (Fsp3) is 0.500. The van der Waals surface area contributed by atoms with Crippen molar-refractivity contribution in [2.45, 2.75) is 20.3 Å². The predicted octanol–water partition coefficient (Wildman–Crippen LogP) is 1.16. The molecule has 0 aromatic carbocycles. The highest BCUT2D eigenvalue weighted by Crippen LogP contribution is 2.21. The van der Waals surface area contributed by atoms with Gasteiger partial charge in [-0.1, -0.05) is 12.5 Å². The van der Waals surface area contributed by atoms with Gasteiger partial charge in [0.05, 0.1) is 5.71 Å². The van der Waals surface area contributed by atoms with E-state index < -0.39 is 0 Å². The van der Waals surface area contributed by atoms with Crippen LogP contribution in [0.5, 0.6) is 0 Å². The maximum Gasteiger partial charge on any atom is 0.184 e. The lowest BCUT2D eigenvalue weighted by molar-refractivity contribution is 0.779. The molecule has 3 nitrogen and oxygen atoms in total. The van der Waals surface area contributed by atoms with Gasteiger partial charge in [-0.15, -0.1) is 0 Å². The zero-order valence-corrected chi connectivity index (χ0v) is 8.11. The summed E-state index contributed by atoms with van der Waals surface area (Å²) in [4.78, 5) is 0. The number of hydrogen-bond donors (Lipinski definition) is 2. The second-order valence-electron chi connectivity index (χ2n) is 3.11. The molecule has 1 unspecified atom stereocenters. The Balaban J connectivity index is 2.62. The molecular weight excluding hydrogens is 170 g/mol. The molecule has 0 radical (unpaired) electrons. The third-order valence-electron chi connectivity index (χ3n) is 1.82. The van der Waals surface area contributed by atoms with Crippen molar-refractivity contribution < 1.29 is 0 Å². The van der Waals surface area contributed by atoms with Crippen molar-refractivity contribution in [3.05, 3.63) is 11.6 Å². The van der Waals surface area contributed by atoms with Crippen molar-refractivity contribution in [3.8, 4) is 0 Å². The minimum Gasteiger partial charge on any atom is -0.375 e. The van der Waals surface area contributed by atoms with Crippen LogP contribution in [0.25, 0.3) is 0 Å². The smallest absolute Gasteiger partial charge is 0.184 e. The standard InChI is InChI=1S/C8H13N3S/c1-5-3-6(2)7(4-5)10-11-8(9)12/h4,6H,3H2,1-2H3,(H3,9,11,12)/b10-7+. The lowest BCUT2D eigenvalue weighted by Crippen LogP contribution is -2.25. The Bertz CT molecular complexity index is 255. The van der Waals surface area contributed by atoms with Crippen molar-refractivity contribution >= 4 is 23.0 Å². The summed E-state index contributed by atoms with van der Waals surface area (Å²) >= 11 is 4.64. The van der Waals surface area contributed by atoms with Crippen LogP contribution in [0.4, 0.5) is 0 Å². The Morgan fingerprint density at radius 3 is 2.92 bits per heavy atom. The van der Waals surface area contributed by atoms with Gasteiger partial charge in [0.25, 0.3) is 0 Å². The van der Waals surface area contributed by atoms with E-state index in [0.29, 0.717) is 5.92 Å². The first-order valence-corrected chi connectivity index (χ1v) is 4.30. The Hall–Kier alpha value is -0.900. The second kappa shape index (κ2) is 3.67. The SMILES string of the molecule is CC1=C/C(=N\NC(N)=S)C(C)C1. The van der Waals surface area contributed by atoms with E-state index in [2.05, 4.69) is 42.7 Å². The number of hydrazone groups is 1. The molecule has 1 rings (SSSR count). The zero-order chi connectivity index (χ0) is 9.14. The Morgan fingerprint density at radius 2 is 2.50 bits per heavy atom. The summed E-state index contributed by atoms with van der Waals surface area (Å²) in [6, 6.07) is 0. The Morgan fingerprint density at radius 1 is 1.83 bits per heavy atom. The summed E-state index contributed by atoms with van der Waals surface area (Å²) in [5, 5.41) is 4.29. The average molecular weight is 183 g/mol. The lowest BCUT2D eigenvalue weighted by Gasteiger charge is -2.02. The van der Waals surface area contributed by atoms with Crippen LogP contribution in [0.3, 0.4) is 0 Å². The molecule has 0 saturated heterocycles. The van der Waals surface area contributed by atoms with E-state index in [9.17, 15) is 0 Å². The first kappa shape index (κ1) is 9.19. The molecule has 0 heterocycles. The highest BCUT2D eigenvalue weighted by atomic mass is 32.1. The molecule has 66 valence electrons. The Labute approximate surface area is 77.7 Å². The van der Waals surface area contributed by atoms with Crippen molar-refractivity contribution in [2.75, 3.05) is 0 Å². The van der Waals surface area contributed by atoms with Gasteiger partial charge >= 0.3 is 0 Å². The Kier molecular flexibility index (Phi) is 2.81. The van der Waals surface area contributed by atoms with Crippen LogP contribution in [0, 0.1) is 5.92 Å². The lowest BCUT2D eigenvalue weighted by atomic mass is 10.1. The molecule has 0 aromatic heterocycles. The van der Waals surface area contributed by atoms with E-state index >= 15 is 0 Å². The molecule has 3 N–H and O–H groups in total. The molecule has 1 aliphatic carbocycles. The molecule has 12 heavy (non-hydrogen) atoms. The van der Waals surface area contributed by atoms with Gasteiger partial charge in [-0.25, -0.2) is 0 Å². The topological polar surface area (TPSA) is 50.4 Å². The minimum absolute atomic E-state index is 0.215. The number of allylic oxidation sites excluding steroid dienone is 2. The second-order valence-corrected chi connectivity index (χ2v) is 3.55. The van der Waals surface area contributed by atoms with Gasteiger partial charge in [0, 0.05) is 5.92 Å². The van der Waals surface area contributed by atoms with Gasteiger partial charge in [0.1, 0.15) is 0 Å². The maximum absolute atomic E-state index is 5.24. The first-order chi connectivity index (χ1) is 5.59. The molecular formula is C8H13N3S. The van der Waals surface area contributed by atoms with Crippen molar-refractivity contribution in [1.82, 2.24) is 5.43 Å². The molecule has 0 amide bonds. The van der Waals surface area contributed by atoms with Gasteiger partial charge < -0.3 is 5.73 Å². The van der Waals surface area contributed by atoms with E-state index in [4.69, 9.17) is 5.73 Å². The van der Waals surface area contributed by atoms with E-state index in [-0.39, 0.29) is 5.11 Å². The molecule has 4 heteroatoms. The third-order valence-corrected chi connectivity index (χ3v) is 1.91. The maximum atomic E-state index is 5.24. The van der Waals surface area contributed by atoms with Crippen LogP contribution in [-0.2, 0) is 0 Å². The molecule has 1 aliphatic rings. The summed E-state index contributed by atoms with van der Waals surface area (Å²) in [6.07, 6.45) is 3.15. The van der Waals surface area contributed by atoms with Crippen molar-refractivity contribution in [2.24, 2.45) is 16.8 Å². The van der Waals surface area contributed by atoms with Crippen molar-refractivity contribution in [1.29, 1.82) is 0 Å². The molecule has 0 saturated carbocycles. The summed E-state index contributed by atoms with van der Waals surface area (Å²) in [7, 11) is 0. The van der Waals surface area contributed by atoms with E-state index in [0.717, 1.165) is 12.1 Å². The molecule has 0 aliphatic heterocycles. The van der Waals surface area contributed by atoms with Crippen LogP contribution >= 0.6 is 12.2 Å². The molecule has 1 atom stereocenters. The number of nitrogens with two attached hydrogens (primary N) is 1. The number of nitrogens with one attached hydrogen (secondary N) is 1. The normalized spacial score (nSPS) is 25.7. The highest BCUT2D eigenvalue weighted by molar-refractivity contribution is 7.80. The van der Waals surface area contributed by atoms with Crippen LogP contribution in [0.1, 0.15) is 20.3 Å². The van der Waals surface area contributed by atoms with Gasteiger partial charge in [-0.3, -0.25) is 5.43 Å². The van der Waals surface area contributed by atoms with Gasteiger partial charge in [-0.05, 0) is 31.6 Å². The monoisotopic (exact) mass is 183 g/mol.